The summed E-state index contributed by atoms with van der Waals surface area (Å²) in [4.78, 5) is 35.5. The number of carboxylic acids is 1. The van der Waals surface area contributed by atoms with E-state index in [1.807, 2.05) is 11.9 Å². The number of carbonyl (C=O) groups is 1. The van der Waals surface area contributed by atoms with E-state index in [4.69, 9.17) is 5.11 Å². The molecule has 0 aliphatic carbocycles. The van der Waals surface area contributed by atoms with Crippen LogP contribution in [0.1, 0.15) is 37.6 Å². The van der Waals surface area contributed by atoms with Crippen LogP contribution < -0.4 is 11.2 Å². The van der Waals surface area contributed by atoms with E-state index in [1.54, 1.807) is 13.8 Å². The van der Waals surface area contributed by atoms with Gasteiger partial charge in [0.2, 0.25) is 0 Å². The van der Waals surface area contributed by atoms with Gasteiger partial charge in [-0.05, 0) is 20.3 Å². The van der Waals surface area contributed by atoms with Crippen molar-refractivity contribution >= 4 is 5.97 Å². The number of aromatic carboxylic acids is 1. The summed E-state index contributed by atoms with van der Waals surface area (Å²) in [6.45, 7) is 5.45. The summed E-state index contributed by atoms with van der Waals surface area (Å²) < 4.78 is 1.23. The summed E-state index contributed by atoms with van der Waals surface area (Å²) >= 11 is 0. The van der Waals surface area contributed by atoms with Gasteiger partial charge in [-0.25, -0.2) is 9.59 Å². The van der Waals surface area contributed by atoms with Gasteiger partial charge < -0.3 is 5.11 Å². The highest BCUT2D eigenvalue weighted by Crippen LogP contribution is 2.16. The van der Waals surface area contributed by atoms with Crippen molar-refractivity contribution in [2.45, 2.75) is 32.7 Å². The number of H-pyrrole nitrogens is 1. The van der Waals surface area contributed by atoms with Crippen LogP contribution in [0.5, 0.6) is 0 Å². The second-order valence-corrected chi connectivity index (χ2v) is 4.14. The van der Waals surface area contributed by atoms with E-state index in [0.29, 0.717) is 6.42 Å². The van der Waals surface area contributed by atoms with Crippen molar-refractivity contribution in [2.24, 2.45) is 0 Å². The van der Waals surface area contributed by atoms with Crippen molar-refractivity contribution in [2.75, 3.05) is 0 Å². The highest BCUT2D eigenvalue weighted by Gasteiger charge is 2.21. The molecule has 0 fully saturated rings. The highest BCUT2D eigenvalue weighted by molar-refractivity contribution is 5.86. The molecule has 0 bridgehead atoms. The Morgan fingerprint density at radius 3 is 2.50 bits per heavy atom. The zero-order valence-electron chi connectivity index (χ0n) is 9.40. The number of rotatable bonds is 3. The van der Waals surface area contributed by atoms with E-state index in [0.717, 1.165) is 6.20 Å². The number of carboxylic acid groups (broad SMARTS) is 1. The van der Waals surface area contributed by atoms with Gasteiger partial charge in [-0.2, -0.15) is 0 Å². The Morgan fingerprint density at radius 2 is 2.06 bits per heavy atom. The number of aromatic amines is 1. The molecular weight excluding hydrogens is 212 g/mol. The molecule has 1 rings (SSSR count). The smallest absolute Gasteiger partial charge is 0.342 e. The maximum atomic E-state index is 11.5. The Labute approximate surface area is 91.5 Å². The van der Waals surface area contributed by atoms with Crippen LogP contribution in [-0.4, -0.2) is 20.6 Å². The summed E-state index contributed by atoms with van der Waals surface area (Å²) in [7, 11) is 0. The van der Waals surface area contributed by atoms with Gasteiger partial charge in [0.25, 0.3) is 5.56 Å². The minimum Gasteiger partial charge on any atom is -0.477 e. The highest BCUT2D eigenvalue weighted by atomic mass is 16.4. The first-order chi connectivity index (χ1) is 7.29. The lowest BCUT2D eigenvalue weighted by Gasteiger charge is -2.25. The van der Waals surface area contributed by atoms with Gasteiger partial charge >= 0.3 is 11.7 Å². The van der Waals surface area contributed by atoms with Gasteiger partial charge in [0.1, 0.15) is 5.56 Å². The van der Waals surface area contributed by atoms with Gasteiger partial charge in [0, 0.05) is 11.7 Å². The molecule has 2 N–H and O–H groups in total. The molecule has 1 aromatic heterocycles. The lowest BCUT2D eigenvalue weighted by atomic mass is 10.0. The predicted octanol–water partition coefficient (Wildman–Crippen LogP) is 0.380. The maximum absolute atomic E-state index is 11.5. The Morgan fingerprint density at radius 1 is 1.50 bits per heavy atom. The van der Waals surface area contributed by atoms with Crippen LogP contribution in [0.15, 0.2) is 15.8 Å². The Hall–Kier alpha value is -1.85. The van der Waals surface area contributed by atoms with Crippen molar-refractivity contribution in [1.29, 1.82) is 0 Å². The van der Waals surface area contributed by atoms with Crippen LogP contribution in [0.3, 0.4) is 0 Å². The van der Waals surface area contributed by atoms with Crippen LogP contribution >= 0.6 is 0 Å². The molecule has 0 aliphatic heterocycles. The van der Waals surface area contributed by atoms with Crippen molar-refractivity contribution in [3.8, 4) is 0 Å². The molecule has 0 radical (unpaired) electrons. The molecule has 16 heavy (non-hydrogen) atoms. The molecule has 1 aromatic rings. The molecule has 0 spiro atoms. The molecule has 0 saturated carbocycles. The van der Waals surface area contributed by atoms with Crippen LogP contribution in [-0.2, 0) is 5.54 Å². The fourth-order valence-corrected chi connectivity index (χ4v) is 1.24. The lowest BCUT2D eigenvalue weighted by Crippen LogP contribution is -2.41. The van der Waals surface area contributed by atoms with Gasteiger partial charge in [-0.3, -0.25) is 14.3 Å². The molecule has 1 heterocycles. The van der Waals surface area contributed by atoms with Crippen molar-refractivity contribution < 1.29 is 9.90 Å². The van der Waals surface area contributed by atoms with Crippen molar-refractivity contribution in [3.63, 3.8) is 0 Å². The normalized spacial score (nSPS) is 11.4. The van der Waals surface area contributed by atoms with Crippen molar-refractivity contribution in [1.82, 2.24) is 9.55 Å². The molecule has 0 aromatic carbocycles. The van der Waals surface area contributed by atoms with E-state index < -0.39 is 28.3 Å². The molecule has 88 valence electrons. The van der Waals surface area contributed by atoms with E-state index in [2.05, 4.69) is 0 Å². The second kappa shape index (κ2) is 3.96. The third-order valence-corrected chi connectivity index (χ3v) is 2.69. The zero-order chi connectivity index (χ0) is 12.5. The number of nitrogens with one attached hydrogen (secondary N) is 1. The summed E-state index contributed by atoms with van der Waals surface area (Å²) in [5, 5.41) is 8.78. The average Bonchev–Trinajstić information content (AvgIpc) is 2.16. The summed E-state index contributed by atoms with van der Waals surface area (Å²) in [6, 6.07) is 0. The Balaban J connectivity index is 3.55. The Bertz CT molecular complexity index is 524. The number of hydrogen-bond donors (Lipinski definition) is 2. The number of hydrogen-bond acceptors (Lipinski definition) is 3. The largest absolute Gasteiger partial charge is 0.477 e. The lowest BCUT2D eigenvalue weighted by molar-refractivity contribution is 0.0693. The third-order valence-electron chi connectivity index (χ3n) is 2.69. The molecule has 0 unspecified atom stereocenters. The first kappa shape index (κ1) is 12.2. The fourth-order valence-electron chi connectivity index (χ4n) is 1.24. The summed E-state index contributed by atoms with van der Waals surface area (Å²) in [5.41, 5.74) is -2.44. The molecule has 6 nitrogen and oxygen atoms in total. The van der Waals surface area contributed by atoms with Crippen molar-refractivity contribution in [3.05, 3.63) is 32.6 Å². The second-order valence-electron chi connectivity index (χ2n) is 4.14. The molecular formula is C10H14N2O4. The number of nitrogens with zero attached hydrogens (tertiary/aromatic N) is 1. The first-order valence-corrected chi connectivity index (χ1v) is 4.89. The van der Waals surface area contributed by atoms with E-state index in [9.17, 15) is 14.4 Å². The van der Waals surface area contributed by atoms with E-state index in [-0.39, 0.29) is 0 Å². The summed E-state index contributed by atoms with van der Waals surface area (Å²) in [5.74, 6) is -1.35. The van der Waals surface area contributed by atoms with E-state index in [1.165, 1.54) is 4.57 Å². The van der Waals surface area contributed by atoms with E-state index >= 15 is 0 Å². The quantitative estimate of drug-likeness (QED) is 0.779. The molecule has 0 atom stereocenters. The first-order valence-electron chi connectivity index (χ1n) is 4.89. The maximum Gasteiger partial charge on any atom is 0.342 e. The van der Waals surface area contributed by atoms with Crippen LogP contribution in [0, 0.1) is 0 Å². The monoisotopic (exact) mass is 226 g/mol. The third kappa shape index (κ3) is 2.05. The van der Waals surface area contributed by atoms with Gasteiger partial charge in [-0.1, -0.05) is 6.92 Å². The average molecular weight is 226 g/mol. The van der Waals surface area contributed by atoms with Gasteiger partial charge in [0.05, 0.1) is 0 Å². The molecule has 0 amide bonds. The topological polar surface area (TPSA) is 92.2 Å². The van der Waals surface area contributed by atoms with Crippen LogP contribution in [0.4, 0.5) is 0 Å². The zero-order valence-corrected chi connectivity index (χ0v) is 9.40. The standard InChI is InChI=1S/C10H14N2O4/c1-4-10(2,3)12-5-6(8(14)15)7(13)11-9(12)16/h5H,4H2,1-3H3,(H,14,15)(H,11,13,16). The minimum absolute atomic E-state index is 0.430. The molecule has 0 saturated heterocycles. The van der Waals surface area contributed by atoms with Crippen LogP contribution in [0.2, 0.25) is 0 Å². The summed E-state index contributed by atoms with van der Waals surface area (Å²) in [6.07, 6.45) is 1.73. The molecule has 0 aliphatic rings. The fraction of sp³-hybridized carbons (Fsp3) is 0.500. The van der Waals surface area contributed by atoms with Gasteiger partial charge in [0.15, 0.2) is 0 Å². The minimum atomic E-state index is -1.35. The van der Waals surface area contributed by atoms with Gasteiger partial charge in [-0.15, -0.1) is 0 Å². The van der Waals surface area contributed by atoms with Crippen LogP contribution in [0.25, 0.3) is 0 Å². The molecule has 6 heteroatoms. The number of aromatic nitrogens is 2. The Kier molecular flexibility index (Phi) is 3.02. The SMILES string of the molecule is CCC(C)(C)n1cc(C(=O)O)c(=O)[nH]c1=O. The predicted molar refractivity (Wildman–Crippen MR) is 57.9 cm³/mol.